The van der Waals surface area contributed by atoms with Crippen LogP contribution in [0.4, 0.5) is 5.95 Å². The third-order valence-electron chi connectivity index (χ3n) is 3.27. The Balaban J connectivity index is 1.61. The molecule has 3 rings (SSSR count). The SMILES string of the molecule is CCCn1nnc(NC(=S)NC(=O)c2ccc(-c3cccc(Cl)c3)o2)n1. The number of thiocarbonyl (C=S) groups is 1. The minimum Gasteiger partial charge on any atom is -0.451 e. The number of nitrogens with one attached hydrogen (secondary N) is 2. The number of hydrogen-bond donors (Lipinski definition) is 2. The number of tetrazole rings is 1. The summed E-state index contributed by atoms with van der Waals surface area (Å²) in [6.07, 6.45) is 0.879. The lowest BCUT2D eigenvalue weighted by atomic mass is 10.2. The smallest absolute Gasteiger partial charge is 0.293 e. The predicted octanol–water partition coefficient (Wildman–Crippen LogP) is 3.12. The van der Waals surface area contributed by atoms with E-state index in [0.29, 0.717) is 17.3 Å². The van der Waals surface area contributed by atoms with Gasteiger partial charge in [0.05, 0.1) is 6.54 Å². The molecule has 0 spiro atoms. The highest BCUT2D eigenvalue weighted by atomic mass is 35.5. The lowest BCUT2D eigenvalue weighted by Crippen LogP contribution is -2.34. The fourth-order valence-corrected chi connectivity index (χ4v) is 2.52. The van der Waals surface area contributed by atoms with Crippen molar-refractivity contribution in [3.05, 3.63) is 47.2 Å². The second-order valence-electron chi connectivity index (χ2n) is 5.29. The van der Waals surface area contributed by atoms with E-state index in [9.17, 15) is 4.79 Å². The van der Waals surface area contributed by atoms with Crippen LogP contribution in [0.15, 0.2) is 40.8 Å². The molecule has 0 unspecified atom stereocenters. The molecule has 0 saturated heterocycles. The first-order valence-corrected chi connectivity index (χ1v) is 8.59. The van der Waals surface area contributed by atoms with Gasteiger partial charge in [0.1, 0.15) is 5.76 Å². The Bertz CT molecular complexity index is 938. The number of halogens is 1. The molecule has 1 aromatic carbocycles. The van der Waals surface area contributed by atoms with Crippen LogP contribution in [0.2, 0.25) is 5.02 Å². The average molecular weight is 391 g/mol. The lowest BCUT2D eigenvalue weighted by molar-refractivity contribution is 0.0951. The molecule has 2 heterocycles. The standard InChI is InChI=1S/C16H15ClN6O2S/c1-2-8-23-21-15(20-22-23)19-16(26)18-14(24)13-7-6-12(25-13)10-4-3-5-11(17)9-10/h3-7,9H,2,8H2,1H3,(H2,18,19,21,24,26). The van der Waals surface area contributed by atoms with Crippen LogP contribution in [0.25, 0.3) is 11.3 Å². The second-order valence-corrected chi connectivity index (χ2v) is 6.14. The van der Waals surface area contributed by atoms with Crippen molar-refractivity contribution in [3.8, 4) is 11.3 Å². The van der Waals surface area contributed by atoms with Crippen LogP contribution >= 0.6 is 23.8 Å². The summed E-state index contributed by atoms with van der Waals surface area (Å²) in [7, 11) is 0. The maximum absolute atomic E-state index is 12.2. The summed E-state index contributed by atoms with van der Waals surface area (Å²) in [4.78, 5) is 13.7. The molecule has 134 valence electrons. The van der Waals surface area contributed by atoms with Gasteiger partial charge in [-0.25, -0.2) is 0 Å². The van der Waals surface area contributed by atoms with E-state index in [1.54, 1.807) is 30.3 Å². The quantitative estimate of drug-likeness (QED) is 0.646. The molecule has 1 amide bonds. The number of aromatic nitrogens is 4. The minimum absolute atomic E-state index is 0.0479. The number of hydrogen-bond acceptors (Lipinski definition) is 6. The number of benzene rings is 1. The van der Waals surface area contributed by atoms with E-state index in [-0.39, 0.29) is 16.8 Å². The number of carbonyl (C=O) groups excluding carboxylic acids is 1. The van der Waals surface area contributed by atoms with Crippen molar-refractivity contribution in [3.63, 3.8) is 0 Å². The Labute approximate surface area is 159 Å². The van der Waals surface area contributed by atoms with Crippen LogP contribution in [0.3, 0.4) is 0 Å². The molecule has 3 aromatic rings. The van der Waals surface area contributed by atoms with Crippen LogP contribution in [-0.2, 0) is 6.54 Å². The topological polar surface area (TPSA) is 97.9 Å². The van der Waals surface area contributed by atoms with E-state index in [1.165, 1.54) is 4.80 Å². The summed E-state index contributed by atoms with van der Waals surface area (Å²) < 4.78 is 5.57. The lowest BCUT2D eigenvalue weighted by Gasteiger charge is -2.04. The Morgan fingerprint density at radius 1 is 1.35 bits per heavy atom. The number of furan rings is 1. The minimum atomic E-state index is -0.489. The van der Waals surface area contributed by atoms with Gasteiger partial charge in [-0.1, -0.05) is 35.8 Å². The summed E-state index contributed by atoms with van der Waals surface area (Å²) in [5, 5.41) is 17.6. The number of aryl methyl sites for hydroxylation is 1. The summed E-state index contributed by atoms with van der Waals surface area (Å²) in [6.45, 7) is 2.65. The summed E-state index contributed by atoms with van der Waals surface area (Å²) in [6, 6.07) is 10.4. The van der Waals surface area contributed by atoms with Crippen LogP contribution in [0.5, 0.6) is 0 Å². The molecular weight excluding hydrogens is 376 g/mol. The van der Waals surface area contributed by atoms with Gasteiger partial charge in [0.2, 0.25) is 0 Å². The zero-order valence-corrected chi connectivity index (χ0v) is 15.3. The molecule has 0 fully saturated rings. The Hall–Kier alpha value is -2.78. The molecular formula is C16H15ClN6O2S. The first-order valence-electron chi connectivity index (χ1n) is 7.81. The number of nitrogens with zero attached hydrogens (tertiary/aromatic N) is 4. The van der Waals surface area contributed by atoms with E-state index >= 15 is 0 Å². The maximum Gasteiger partial charge on any atom is 0.293 e. The number of amides is 1. The van der Waals surface area contributed by atoms with E-state index < -0.39 is 5.91 Å². The molecule has 0 aliphatic carbocycles. The molecule has 0 atom stereocenters. The summed E-state index contributed by atoms with van der Waals surface area (Å²) in [5.41, 5.74) is 0.772. The van der Waals surface area contributed by atoms with Gasteiger partial charge in [-0.2, -0.15) is 4.80 Å². The summed E-state index contributed by atoms with van der Waals surface area (Å²) in [5.74, 6) is 0.368. The molecule has 2 aromatic heterocycles. The molecule has 2 N–H and O–H groups in total. The van der Waals surface area contributed by atoms with Gasteiger partial charge in [0.15, 0.2) is 10.9 Å². The third kappa shape index (κ3) is 4.44. The average Bonchev–Trinajstić information content (AvgIpc) is 3.25. The van der Waals surface area contributed by atoms with Crippen molar-refractivity contribution < 1.29 is 9.21 Å². The molecule has 26 heavy (non-hydrogen) atoms. The van der Waals surface area contributed by atoms with E-state index in [1.807, 2.05) is 13.0 Å². The second kappa shape index (κ2) is 8.07. The third-order valence-corrected chi connectivity index (χ3v) is 3.71. The van der Waals surface area contributed by atoms with Crippen LogP contribution < -0.4 is 10.6 Å². The van der Waals surface area contributed by atoms with Crippen molar-refractivity contribution >= 4 is 40.8 Å². The van der Waals surface area contributed by atoms with E-state index in [2.05, 4.69) is 26.0 Å². The molecule has 0 bridgehead atoms. The highest BCUT2D eigenvalue weighted by molar-refractivity contribution is 7.80. The fourth-order valence-electron chi connectivity index (χ4n) is 2.14. The largest absolute Gasteiger partial charge is 0.451 e. The highest BCUT2D eigenvalue weighted by Gasteiger charge is 2.15. The fraction of sp³-hybridized carbons (Fsp3) is 0.188. The van der Waals surface area contributed by atoms with Crippen molar-refractivity contribution in [1.82, 2.24) is 25.5 Å². The monoisotopic (exact) mass is 390 g/mol. The Morgan fingerprint density at radius 3 is 2.96 bits per heavy atom. The van der Waals surface area contributed by atoms with Crippen LogP contribution in [-0.4, -0.2) is 31.2 Å². The van der Waals surface area contributed by atoms with Gasteiger partial charge >= 0.3 is 0 Å². The normalized spacial score (nSPS) is 10.5. The first-order chi connectivity index (χ1) is 12.5. The molecule has 0 saturated carbocycles. The van der Waals surface area contributed by atoms with Crippen LogP contribution in [0, 0.1) is 0 Å². The van der Waals surface area contributed by atoms with Gasteiger partial charge in [0.25, 0.3) is 11.9 Å². The predicted molar refractivity (Wildman–Crippen MR) is 101 cm³/mol. The highest BCUT2D eigenvalue weighted by Crippen LogP contribution is 2.24. The zero-order chi connectivity index (χ0) is 18.5. The zero-order valence-electron chi connectivity index (χ0n) is 13.8. The molecule has 0 radical (unpaired) electrons. The Morgan fingerprint density at radius 2 is 2.19 bits per heavy atom. The van der Waals surface area contributed by atoms with Gasteiger partial charge < -0.3 is 4.42 Å². The van der Waals surface area contributed by atoms with Crippen molar-refractivity contribution in [2.45, 2.75) is 19.9 Å². The van der Waals surface area contributed by atoms with Gasteiger partial charge in [-0.05, 0) is 48.1 Å². The van der Waals surface area contributed by atoms with Crippen LogP contribution in [0.1, 0.15) is 23.9 Å². The summed E-state index contributed by atoms with van der Waals surface area (Å²) >= 11 is 11.1. The number of rotatable bonds is 5. The maximum atomic E-state index is 12.2. The Kier molecular flexibility index (Phi) is 5.59. The van der Waals surface area contributed by atoms with Crippen molar-refractivity contribution in [2.75, 3.05) is 5.32 Å². The number of carbonyl (C=O) groups is 1. The van der Waals surface area contributed by atoms with Gasteiger partial charge in [0, 0.05) is 10.6 Å². The molecule has 0 aliphatic heterocycles. The van der Waals surface area contributed by atoms with Crippen molar-refractivity contribution in [1.29, 1.82) is 0 Å². The van der Waals surface area contributed by atoms with Crippen molar-refractivity contribution in [2.24, 2.45) is 0 Å². The number of anilines is 1. The van der Waals surface area contributed by atoms with Gasteiger partial charge in [-0.15, -0.1) is 5.10 Å². The van der Waals surface area contributed by atoms with E-state index in [4.69, 9.17) is 28.2 Å². The van der Waals surface area contributed by atoms with E-state index in [0.717, 1.165) is 12.0 Å². The van der Waals surface area contributed by atoms with Gasteiger partial charge in [-0.3, -0.25) is 15.4 Å². The molecule has 0 aliphatic rings. The molecule has 10 heteroatoms. The molecule has 8 nitrogen and oxygen atoms in total. The first kappa shape index (κ1) is 18.0.